The van der Waals surface area contributed by atoms with Crippen molar-refractivity contribution in [3.8, 4) is 5.75 Å². The zero-order valence-electron chi connectivity index (χ0n) is 15.5. The first-order chi connectivity index (χ1) is 12.2. The summed E-state index contributed by atoms with van der Waals surface area (Å²) in [4.78, 5) is 0. The predicted octanol–water partition coefficient (Wildman–Crippen LogP) is 6.85. The van der Waals surface area contributed by atoms with Crippen LogP contribution < -0.4 is 4.74 Å². The van der Waals surface area contributed by atoms with Crippen LogP contribution in [0.2, 0.25) is 0 Å². The highest BCUT2D eigenvalue weighted by molar-refractivity contribution is 5.31. The van der Waals surface area contributed by atoms with Crippen molar-refractivity contribution in [3.05, 3.63) is 42.0 Å². The molecule has 0 aromatic heterocycles. The van der Waals surface area contributed by atoms with Gasteiger partial charge in [0.05, 0.1) is 6.61 Å². The van der Waals surface area contributed by atoms with Gasteiger partial charge < -0.3 is 4.74 Å². The fraction of sp³-hybridized carbons (Fsp3) is 0.636. The molecular formula is C22H32F2O. The van der Waals surface area contributed by atoms with Crippen LogP contribution in [0.3, 0.4) is 0 Å². The van der Waals surface area contributed by atoms with Crippen molar-refractivity contribution in [2.24, 2.45) is 11.8 Å². The average Bonchev–Trinajstić information content (AvgIpc) is 2.64. The highest BCUT2D eigenvalue weighted by Crippen LogP contribution is 2.32. The molecule has 1 aromatic rings. The van der Waals surface area contributed by atoms with E-state index in [9.17, 15) is 8.78 Å². The SMILES string of the molecule is C=CC1CCC(CCCCc2ccc(OCCCC)c(F)c2F)CC1. The Labute approximate surface area is 151 Å². The van der Waals surface area contributed by atoms with Gasteiger partial charge in [0.1, 0.15) is 0 Å². The first-order valence-corrected chi connectivity index (χ1v) is 9.87. The van der Waals surface area contributed by atoms with Crippen molar-refractivity contribution in [2.75, 3.05) is 6.61 Å². The van der Waals surface area contributed by atoms with Crippen LogP contribution in [0.25, 0.3) is 0 Å². The van der Waals surface area contributed by atoms with Gasteiger partial charge in [0.25, 0.3) is 0 Å². The van der Waals surface area contributed by atoms with Gasteiger partial charge >= 0.3 is 0 Å². The van der Waals surface area contributed by atoms with E-state index in [4.69, 9.17) is 4.74 Å². The zero-order valence-corrected chi connectivity index (χ0v) is 15.5. The first-order valence-electron chi connectivity index (χ1n) is 9.87. The lowest BCUT2D eigenvalue weighted by Crippen LogP contribution is -2.12. The number of unbranched alkanes of at least 4 members (excludes halogenated alkanes) is 2. The number of hydrogen-bond acceptors (Lipinski definition) is 1. The normalized spacial score (nSPS) is 20.4. The van der Waals surface area contributed by atoms with E-state index in [1.165, 1.54) is 32.1 Å². The van der Waals surface area contributed by atoms with Gasteiger partial charge in [-0.25, -0.2) is 4.39 Å². The van der Waals surface area contributed by atoms with Gasteiger partial charge in [-0.05, 0) is 68.4 Å². The molecule has 0 N–H and O–H groups in total. The van der Waals surface area contributed by atoms with Gasteiger partial charge in [-0.2, -0.15) is 4.39 Å². The number of ether oxygens (including phenoxy) is 1. The Balaban J connectivity index is 1.73. The van der Waals surface area contributed by atoms with E-state index >= 15 is 0 Å². The molecule has 1 saturated carbocycles. The minimum atomic E-state index is -0.837. The Bertz CT molecular complexity index is 533. The van der Waals surface area contributed by atoms with Crippen LogP contribution in [0.5, 0.6) is 5.75 Å². The van der Waals surface area contributed by atoms with Crippen molar-refractivity contribution in [1.82, 2.24) is 0 Å². The second-order valence-electron chi connectivity index (χ2n) is 7.32. The van der Waals surface area contributed by atoms with E-state index in [0.29, 0.717) is 24.5 Å². The minimum absolute atomic E-state index is 0.0358. The number of aryl methyl sites for hydroxylation is 1. The zero-order chi connectivity index (χ0) is 18.1. The highest BCUT2D eigenvalue weighted by atomic mass is 19.2. The summed E-state index contributed by atoms with van der Waals surface area (Å²) in [5, 5.41) is 0. The summed E-state index contributed by atoms with van der Waals surface area (Å²) < 4.78 is 33.5. The molecule has 3 heteroatoms. The van der Waals surface area contributed by atoms with Crippen LogP contribution in [-0.4, -0.2) is 6.61 Å². The molecule has 0 unspecified atom stereocenters. The monoisotopic (exact) mass is 350 g/mol. The molecule has 0 saturated heterocycles. The molecule has 0 heterocycles. The van der Waals surface area contributed by atoms with Crippen LogP contribution >= 0.6 is 0 Å². The Morgan fingerprint density at radius 2 is 1.84 bits per heavy atom. The van der Waals surface area contributed by atoms with E-state index in [0.717, 1.165) is 31.6 Å². The fourth-order valence-electron chi connectivity index (χ4n) is 3.66. The lowest BCUT2D eigenvalue weighted by Gasteiger charge is -2.26. The third-order valence-electron chi connectivity index (χ3n) is 5.42. The van der Waals surface area contributed by atoms with Crippen LogP contribution in [0.4, 0.5) is 8.78 Å². The molecule has 0 aliphatic heterocycles. The summed E-state index contributed by atoms with van der Waals surface area (Å²) in [5.74, 6) is -0.0379. The molecule has 2 rings (SSSR count). The van der Waals surface area contributed by atoms with E-state index in [1.54, 1.807) is 12.1 Å². The van der Waals surface area contributed by atoms with Crippen molar-refractivity contribution in [3.63, 3.8) is 0 Å². The largest absolute Gasteiger partial charge is 0.490 e. The molecule has 0 amide bonds. The molecular weight excluding hydrogens is 318 g/mol. The van der Waals surface area contributed by atoms with Crippen LogP contribution in [0.1, 0.15) is 70.3 Å². The van der Waals surface area contributed by atoms with Gasteiger partial charge in [-0.1, -0.05) is 38.3 Å². The lowest BCUT2D eigenvalue weighted by atomic mass is 9.80. The third kappa shape index (κ3) is 6.13. The summed E-state index contributed by atoms with van der Waals surface area (Å²) in [7, 11) is 0. The Kier molecular flexibility index (Phi) is 8.43. The maximum absolute atomic E-state index is 14.2. The van der Waals surface area contributed by atoms with E-state index in [2.05, 4.69) is 12.7 Å². The number of rotatable bonds is 10. The molecule has 25 heavy (non-hydrogen) atoms. The summed E-state index contributed by atoms with van der Waals surface area (Å²) in [6.07, 6.45) is 12.8. The van der Waals surface area contributed by atoms with Gasteiger partial charge in [-0.15, -0.1) is 6.58 Å². The summed E-state index contributed by atoms with van der Waals surface area (Å²) in [6.45, 7) is 6.35. The van der Waals surface area contributed by atoms with E-state index in [1.807, 2.05) is 6.92 Å². The van der Waals surface area contributed by atoms with Gasteiger partial charge in [0.2, 0.25) is 5.82 Å². The number of halogens is 2. The van der Waals surface area contributed by atoms with Crippen molar-refractivity contribution >= 4 is 0 Å². The molecule has 1 aliphatic carbocycles. The maximum Gasteiger partial charge on any atom is 0.200 e. The smallest absolute Gasteiger partial charge is 0.200 e. The molecule has 1 fully saturated rings. The predicted molar refractivity (Wildman–Crippen MR) is 100.0 cm³/mol. The third-order valence-corrected chi connectivity index (χ3v) is 5.42. The Morgan fingerprint density at radius 1 is 1.08 bits per heavy atom. The molecule has 0 atom stereocenters. The van der Waals surface area contributed by atoms with Crippen molar-refractivity contribution < 1.29 is 13.5 Å². The fourth-order valence-corrected chi connectivity index (χ4v) is 3.66. The maximum atomic E-state index is 14.2. The van der Waals surface area contributed by atoms with Crippen LogP contribution in [-0.2, 0) is 6.42 Å². The van der Waals surface area contributed by atoms with E-state index < -0.39 is 11.6 Å². The molecule has 0 spiro atoms. The van der Waals surface area contributed by atoms with Crippen molar-refractivity contribution in [2.45, 2.75) is 71.1 Å². The highest BCUT2D eigenvalue weighted by Gasteiger charge is 2.19. The second kappa shape index (κ2) is 10.6. The Hall–Kier alpha value is -1.38. The topological polar surface area (TPSA) is 9.23 Å². The van der Waals surface area contributed by atoms with Crippen LogP contribution in [0.15, 0.2) is 24.8 Å². The van der Waals surface area contributed by atoms with Crippen molar-refractivity contribution in [1.29, 1.82) is 0 Å². The number of benzene rings is 1. The first kappa shape index (κ1) is 19.9. The molecule has 140 valence electrons. The van der Waals surface area contributed by atoms with Crippen LogP contribution in [0, 0.1) is 23.5 Å². The Morgan fingerprint density at radius 3 is 2.52 bits per heavy atom. The van der Waals surface area contributed by atoms with E-state index in [-0.39, 0.29) is 5.75 Å². The quantitative estimate of drug-likeness (QED) is 0.331. The average molecular weight is 350 g/mol. The second-order valence-corrected chi connectivity index (χ2v) is 7.32. The van der Waals surface area contributed by atoms with Gasteiger partial charge in [0, 0.05) is 0 Å². The minimum Gasteiger partial charge on any atom is -0.490 e. The molecule has 1 nitrogen and oxygen atoms in total. The summed E-state index contributed by atoms with van der Waals surface area (Å²) in [6, 6.07) is 3.24. The summed E-state index contributed by atoms with van der Waals surface area (Å²) >= 11 is 0. The molecule has 0 radical (unpaired) electrons. The van der Waals surface area contributed by atoms with Gasteiger partial charge in [0.15, 0.2) is 11.6 Å². The lowest BCUT2D eigenvalue weighted by molar-refractivity contribution is 0.287. The molecule has 1 aliphatic rings. The molecule has 1 aromatic carbocycles. The summed E-state index contributed by atoms with van der Waals surface area (Å²) in [5.41, 5.74) is 0.468. The molecule has 0 bridgehead atoms. The van der Waals surface area contributed by atoms with Gasteiger partial charge in [-0.3, -0.25) is 0 Å². The number of allylic oxidation sites excluding steroid dienone is 1. The number of hydrogen-bond donors (Lipinski definition) is 0. The standard InChI is InChI=1S/C22H32F2O/c1-3-5-16-25-20-15-14-19(21(23)22(20)24)9-7-6-8-18-12-10-17(4-2)11-13-18/h4,14-15,17-18H,2-3,5-13,16H2,1H3.